The Morgan fingerprint density at radius 2 is 1.31 bits per heavy atom. The summed E-state index contributed by atoms with van der Waals surface area (Å²) in [6.45, 7) is 0. The van der Waals surface area contributed by atoms with E-state index in [1.807, 2.05) is 36.4 Å². The van der Waals surface area contributed by atoms with Gasteiger partial charge in [0.15, 0.2) is 0 Å². The lowest BCUT2D eigenvalue weighted by Gasteiger charge is -2.17. The monoisotopic (exact) mass is 562 g/mol. The normalized spacial score (nSPS) is 11.2. The van der Waals surface area contributed by atoms with Crippen LogP contribution < -0.4 is 21.3 Å². The van der Waals surface area contributed by atoms with Crippen molar-refractivity contribution in [1.29, 1.82) is 0 Å². The third-order valence-electron chi connectivity index (χ3n) is 5.67. The molecule has 0 radical (unpaired) electrons. The van der Waals surface area contributed by atoms with Crippen LogP contribution in [0.15, 0.2) is 97.1 Å². The molecule has 1 atom stereocenters. The highest BCUT2D eigenvalue weighted by atomic mass is 35.5. The van der Waals surface area contributed by atoms with Gasteiger partial charge >= 0.3 is 12.0 Å². The Kier molecular flexibility index (Phi) is 9.04. The lowest BCUT2D eigenvalue weighted by Crippen LogP contribution is -2.44. The molecule has 0 aromatic heterocycles. The second-order valence-electron chi connectivity index (χ2n) is 8.48. The molecule has 0 aliphatic heterocycles. The van der Waals surface area contributed by atoms with Gasteiger partial charge in [0, 0.05) is 17.8 Å². The molecule has 10 heteroatoms. The standard InChI is InChI=1S/C29H24Cl2N4O4/c30-21-9-6-10-22(31)26(21)27(36)33-20-15-13-18(14-16-20)17-25(28(37)38)35-29(39)34-24-12-5-4-11-23(24)32-19-7-2-1-3-8-19/h1-16,25,32H,17H2,(H,33,36)(H,37,38)(H2,34,35,39). The minimum atomic E-state index is -1.19. The summed E-state index contributed by atoms with van der Waals surface area (Å²) in [5.74, 6) is -1.66. The van der Waals surface area contributed by atoms with Gasteiger partial charge in [-0.1, -0.05) is 71.7 Å². The van der Waals surface area contributed by atoms with E-state index in [0.29, 0.717) is 22.6 Å². The van der Waals surface area contributed by atoms with E-state index in [4.69, 9.17) is 23.2 Å². The van der Waals surface area contributed by atoms with Gasteiger partial charge in [-0.15, -0.1) is 0 Å². The molecular formula is C29H24Cl2N4O4. The van der Waals surface area contributed by atoms with Gasteiger partial charge in [-0.25, -0.2) is 9.59 Å². The third kappa shape index (κ3) is 7.50. The number of carboxylic acid groups (broad SMARTS) is 1. The second-order valence-corrected chi connectivity index (χ2v) is 9.29. The molecule has 0 fully saturated rings. The Hall–Kier alpha value is -4.53. The minimum absolute atomic E-state index is 0.0250. The number of rotatable bonds is 9. The Bertz CT molecular complexity index is 1460. The van der Waals surface area contributed by atoms with Gasteiger partial charge in [0.05, 0.1) is 27.0 Å². The minimum Gasteiger partial charge on any atom is -0.480 e. The fourth-order valence-corrected chi connectivity index (χ4v) is 4.33. The number of nitrogens with one attached hydrogen (secondary N) is 4. The summed E-state index contributed by atoms with van der Waals surface area (Å²) >= 11 is 12.2. The van der Waals surface area contributed by atoms with Crippen LogP contribution in [0.3, 0.4) is 0 Å². The molecule has 4 aromatic rings. The molecule has 0 heterocycles. The number of halogens is 2. The molecule has 3 amide bonds. The zero-order valence-electron chi connectivity index (χ0n) is 20.4. The number of anilines is 4. The number of carbonyl (C=O) groups excluding carboxylic acids is 2. The maximum atomic E-state index is 12.7. The fraction of sp³-hybridized carbons (Fsp3) is 0.0690. The van der Waals surface area contributed by atoms with Crippen molar-refractivity contribution in [3.63, 3.8) is 0 Å². The Morgan fingerprint density at radius 1 is 0.692 bits per heavy atom. The van der Waals surface area contributed by atoms with Gasteiger partial charge in [-0.05, 0) is 54.1 Å². The van der Waals surface area contributed by atoms with Crippen LogP contribution in [0, 0.1) is 0 Å². The van der Waals surface area contributed by atoms with Gasteiger partial charge in [0.2, 0.25) is 0 Å². The predicted molar refractivity (Wildman–Crippen MR) is 154 cm³/mol. The lowest BCUT2D eigenvalue weighted by atomic mass is 10.1. The Labute approximate surface area is 235 Å². The van der Waals surface area contributed by atoms with Crippen molar-refractivity contribution in [2.45, 2.75) is 12.5 Å². The lowest BCUT2D eigenvalue weighted by molar-refractivity contribution is -0.139. The molecule has 4 rings (SSSR count). The largest absolute Gasteiger partial charge is 0.480 e. The quantitative estimate of drug-likeness (QED) is 0.153. The highest BCUT2D eigenvalue weighted by molar-refractivity contribution is 6.40. The molecule has 0 saturated heterocycles. The van der Waals surface area contributed by atoms with Crippen LogP contribution in [0.4, 0.5) is 27.5 Å². The molecular weight excluding hydrogens is 539 g/mol. The van der Waals surface area contributed by atoms with Crippen LogP contribution >= 0.6 is 23.2 Å². The van der Waals surface area contributed by atoms with Crippen molar-refractivity contribution in [2.24, 2.45) is 0 Å². The first kappa shape index (κ1) is 27.5. The molecule has 0 aliphatic carbocycles. The fourth-order valence-electron chi connectivity index (χ4n) is 3.76. The van der Waals surface area contributed by atoms with Crippen molar-refractivity contribution in [1.82, 2.24) is 5.32 Å². The first-order valence-corrected chi connectivity index (χ1v) is 12.6. The maximum absolute atomic E-state index is 12.7. The summed E-state index contributed by atoms with van der Waals surface area (Å²) in [6.07, 6.45) is 0.0250. The van der Waals surface area contributed by atoms with E-state index >= 15 is 0 Å². The van der Waals surface area contributed by atoms with E-state index in [9.17, 15) is 19.5 Å². The van der Waals surface area contributed by atoms with Crippen LogP contribution in [-0.2, 0) is 11.2 Å². The average molecular weight is 563 g/mol. The summed E-state index contributed by atoms with van der Waals surface area (Å²) in [5, 5.41) is 21.3. The predicted octanol–water partition coefficient (Wildman–Crippen LogP) is 6.81. The van der Waals surface area contributed by atoms with E-state index in [-0.39, 0.29) is 22.0 Å². The van der Waals surface area contributed by atoms with E-state index in [0.717, 1.165) is 5.69 Å². The molecule has 0 bridgehead atoms. The van der Waals surface area contributed by atoms with Crippen LogP contribution in [0.2, 0.25) is 10.0 Å². The van der Waals surface area contributed by atoms with Crippen molar-refractivity contribution >= 4 is 63.9 Å². The zero-order chi connectivity index (χ0) is 27.8. The number of carbonyl (C=O) groups is 3. The Balaban J connectivity index is 1.38. The van der Waals surface area contributed by atoms with Crippen LogP contribution in [0.1, 0.15) is 15.9 Å². The van der Waals surface area contributed by atoms with Crippen molar-refractivity contribution < 1.29 is 19.5 Å². The first-order chi connectivity index (χ1) is 18.8. The highest BCUT2D eigenvalue weighted by Crippen LogP contribution is 2.26. The summed E-state index contributed by atoms with van der Waals surface area (Å²) < 4.78 is 0. The van der Waals surface area contributed by atoms with Gasteiger partial charge in [-0.3, -0.25) is 4.79 Å². The van der Waals surface area contributed by atoms with Crippen LogP contribution in [0.5, 0.6) is 0 Å². The number of hydrogen-bond acceptors (Lipinski definition) is 4. The van der Waals surface area contributed by atoms with E-state index in [1.54, 1.807) is 60.7 Å². The summed E-state index contributed by atoms with van der Waals surface area (Å²) in [5.41, 5.74) is 3.25. The summed E-state index contributed by atoms with van der Waals surface area (Å²) in [7, 11) is 0. The van der Waals surface area contributed by atoms with Crippen molar-refractivity contribution in [3.8, 4) is 0 Å². The van der Waals surface area contributed by atoms with Crippen LogP contribution in [0.25, 0.3) is 0 Å². The van der Waals surface area contributed by atoms with E-state index < -0.39 is 23.9 Å². The number of benzene rings is 4. The topological polar surface area (TPSA) is 120 Å². The molecule has 4 aromatic carbocycles. The summed E-state index contributed by atoms with van der Waals surface area (Å²) in [6, 6.07) is 26.1. The molecule has 0 spiro atoms. The smallest absolute Gasteiger partial charge is 0.326 e. The van der Waals surface area contributed by atoms with Gasteiger partial charge in [0.25, 0.3) is 5.91 Å². The summed E-state index contributed by atoms with van der Waals surface area (Å²) in [4.78, 5) is 37.2. The molecule has 1 unspecified atom stereocenters. The van der Waals surface area contributed by atoms with Gasteiger partial charge in [0.1, 0.15) is 6.04 Å². The Morgan fingerprint density at radius 3 is 1.95 bits per heavy atom. The van der Waals surface area contributed by atoms with Crippen molar-refractivity contribution in [2.75, 3.05) is 16.0 Å². The third-order valence-corrected chi connectivity index (χ3v) is 6.30. The number of amides is 3. The molecule has 198 valence electrons. The van der Waals surface area contributed by atoms with Crippen LogP contribution in [-0.4, -0.2) is 29.1 Å². The second kappa shape index (κ2) is 12.8. The van der Waals surface area contributed by atoms with E-state index in [2.05, 4.69) is 21.3 Å². The highest BCUT2D eigenvalue weighted by Gasteiger charge is 2.21. The van der Waals surface area contributed by atoms with Gasteiger partial charge in [-0.2, -0.15) is 0 Å². The first-order valence-electron chi connectivity index (χ1n) is 11.9. The van der Waals surface area contributed by atoms with Crippen molar-refractivity contribution in [3.05, 3.63) is 118 Å². The zero-order valence-corrected chi connectivity index (χ0v) is 22.0. The number of carboxylic acids is 1. The SMILES string of the molecule is O=C(Nc1ccccc1Nc1ccccc1)NC(Cc1ccc(NC(=O)c2c(Cl)cccc2Cl)cc1)C(=O)O. The molecule has 39 heavy (non-hydrogen) atoms. The number of aliphatic carboxylic acids is 1. The van der Waals surface area contributed by atoms with E-state index in [1.165, 1.54) is 0 Å². The van der Waals surface area contributed by atoms with Gasteiger partial charge < -0.3 is 26.4 Å². The number of para-hydroxylation sites is 3. The average Bonchev–Trinajstić information content (AvgIpc) is 2.91. The maximum Gasteiger partial charge on any atom is 0.326 e. The molecule has 8 nitrogen and oxygen atoms in total. The number of hydrogen-bond donors (Lipinski definition) is 5. The number of urea groups is 1. The molecule has 0 saturated carbocycles. The molecule has 0 aliphatic rings. The molecule has 5 N–H and O–H groups in total.